The van der Waals surface area contributed by atoms with Crippen LogP contribution >= 0.6 is 0 Å². The number of nitrogens with zero attached hydrogens (tertiary/aromatic N) is 8. The van der Waals surface area contributed by atoms with E-state index in [4.69, 9.17) is 34.0 Å². The van der Waals surface area contributed by atoms with E-state index < -0.39 is 23.2 Å². The van der Waals surface area contributed by atoms with Crippen LogP contribution in [0.5, 0.6) is 46.0 Å². The topological polar surface area (TPSA) is 334 Å². The molecule has 4 aliphatic rings. The largest absolute Gasteiger partial charge is 1.00 e. The molecule has 4 N–H and O–H groups in total. The maximum atomic E-state index is 12.6. The maximum absolute atomic E-state index is 12.6. The Labute approximate surface area is 807 Å². The Morgan fingerprint density at radius 3 is 0.947 bits per heavy atom. The predicted octanol–water partition coefficient (Wildman–Crippen LogP) is 16.7. The van der Waals surface area contributed by atoms with Gasteiger partial charge in [-0.2, -0.15) is 0 Å². The molecular formula is C107H119ClN9NaO15. The molecule has 0 saturated carbocycles. The zero-order chi connectivity index (χ0) is 91.6. The number of carbonyl (C=O) groups excluding carboxylic acids is 6. The van der Waals surface area contributed by atoms with Crippen molar-refractivity contribution in [2.24, 2.45) is 5.73 Å². The van der Waals surface area contributed by atoms with Crippen LogP contribution in [0.2, 0.25) is 0 Å². The first-order valence-electron chi connectivity index (χ1n) is 43.2. The molecule has 4 saturated heterocycles. The third kappa shape index (κ3) is 28.6. The average Bonchev–Trinajstić information content (AvgIpc) is 1.71. The van der Waals surface area contributed by atoms with Crippen LogP contribution in [-0.4, -0.2) is 118 Å². The van der Waals surface area contributed by atoms with Gasteiger partial charge in [0.1, 0.15) is 52.3 Å². The summed E-state index contributed by atoms with van der Waals surface area (Å²) in [5, 5.41) is 19.9. The number of benzene rings is 8. The minimum Gasteiger partial charge on any atom is -0.544 e. The molecule has 4 unspecified atom stereocenters. The number of aliphatic hydroxyl groups is 1. The van der Waals surface area contributed by atoms with E-state index in [2.05, 4.69) is 87.5 Å². The molecule has 4 fully saturated rings. The fourth-order valence-corrected chi connectivity index (χ4v) is 16.6. The maximum Gasteiger partial charge on any atom is 1.00 e. The van der Waals surface area contributed by atoms with Crippen molar-refractivity contribution in [1.82, 2.24) is 39.5 Å². The molecule has 4 aliphatic heterocycles. The van der Waals surface area contributed by atoms with Crippen LogP contribution < -0.4 is 63.6 Å². The molecule has 0 spiro atoms. The van der Waals surface area contributed by atoms with E-state index in [1.165, 1.54) is 0 Å². The molecule has 24 nitrogen and oxygen atoms in total. The van der Waals surface area contributed by atoms with Gasteiger partial charge in [-0.05, 0) is 195 Å². The normalized spacial score (nSPS) is 15.3. The second kappa shape index (κ2) is 51.3. The Balaban J connectivity index is 0.000000214. The van der Waals surface area contributed by atoms with Crippen molar-refractivity contribution in [2.75, 3.05) is 26.2 Å². The molecule has 5 amide bonds. The number of amides is 5. The van der Waals surface area contributed by atoms with Crippen LogP contribution in [0.4, 0.5) is 0 Å². The van der Waals surface area contributed by atoms with E-state index in [1.54, 1.807) is 64.9 Å². The molecule has 4 atom stereocenters. The molecule has 0 bridgehead atoms. The number of nitrogens with two attached hydrogens (primary N) is 1. The molecule has 133 heavy (non-hydrogen) atoms. The summed E-state index contributed by atoms with van der Waals surface area (Å²) in [5.41, 5.74) is 18.8. The van der Waals surface area contributed by atoms with Gasteiger partial charge >= 0.3 is 35.5 Å². The number of hydrogen-bond acceptors (Lipinski definition) is 18. The molecule has 12 aromatic rings. The molecule has 0 radical (unpaired) electrons. The molecule has 690 valence electrons. The van der Waals surface area contributed by atoms with E-state index in [-0.39, 0.29) is 124 Å². The number of pyridine rings is 4. The average molecular weight is 1830 g/mol. The van der Waals surface area contributed by atoms with Gasteiger partial charge in [-0.3, -0.25) is 48.7 Å². The van der Waals surface area contributed by atoms with Crippen LogP contribution in [-0.2, 0) is 52.0 Å². The first-order chi connectivity index (χ1) is 62.3. The molecular weight excluding hydrogens is 1710 g/mol. The Morgan fingerprint density at radius 2 is 0.662 bits per heavy atom. The second-order valence-electron chi connectivity index (χ2n) is 33.3. The van der Waals surface area contributed by atoms with Crippen molar-refractivity contribution in [1.29, 1.82) is 0 Å². The Bertz CT molecular complexity index is 5660. The number of aromatic nitrogens is 4. The second-order valence-corrected chi connectivity index (χ2v) is 33.4. The summed E-state index contributed by atoms with van der Waals surface area (Å²) in [6.45, 7) is 20.9. The van der Waals surface area contributed by atoms with E-state index in [1.807, 2.05) is 210 Å². The molecule has 0 aliphatic carbocycles. The SMILES string of the molecule is C.C.C.CC(C)c1ccccc1Oc1ccc(C2CC(=O)N(Cc3ccccn3)C2)c(C(=O)O)c1.CC(C)c1ccccc1Oc1ccc(C2CC(=O)N(Cc3ccccn3)C2)c(C(N)=O)c1.CC(C)c1ccccc1Oc1ccc(C2CC(=O)N(Cc3ccccn3)C2)c(C=O)c1.CC(C)c1ccccc1Oc1ccc(C2CC(=O)N(Cc3ccccn3)C2)c(CO)c1.[Na+].[O-][Cl+][O-]. The Hall–Kier alpha value is -12.8. The Kier molecular flexibility index (Phi) is 40.7. The van der Waals surface area contributed by atoms with Gasteiger partial charge in [-0.1, -0.05) is 199 Å². The number of aldehydes is 1. The smallest absolute Gasteiger partial charge is 0.544 e. The van der Waals surface area contributed by atoms with E-state index >= 15 is 0 Å². The summed E-state index contributed by atoms with van der Waals surface area (Å²) >= 11 is -0.417. The van der Waals surface area contributed by atoms with Gasteiger partial charge in [0, 0.05) is 111 Å². The zero-order valence-electron chi connectivity index (χ0n) is 74.5. The molecule has 26 heteroatoms. The van der Waals surface area contributed by atoms with Gasteiger partial charge in [-0.15, -0.1) is 0 Å². The zero-order valence-corrected chi connectivity index (χ0v) is 77.3. The van der Waals surface area contributed by atoms with Crippen molar-refractivity contribution in [3.63, 3.8) is 0 Å². The number of hydrogen-bond donors (Lipinski definition) is 3. The Morgan fingerprint density at radius 1 is 0.398 bits per heavy atom. The summed E-state index contributed by atoms with van der Waals surface area (Å²) in [6, 6.07) is 76.1. The van der Waals surface area contributed by atoms with Crippen LogP contribution in [0.3, 0.4) is 0 Å². The standard InChI is InChI=1S/C26H27N3O3.C26H26N2O4.C26H28N2O3.C26H26N2O3.3CH4.ClO2.Na/c1-17(2)21-8-3-4-9-24(21)32-20-10-11-22(23(14-20)26(27)31)18-13-25(30)29(15-18)16-19-7-5-6-12-28-19;1-17(2)21-8-3-4-9-24(21)32-20-10-11-22(23(14-20)26(30)31)18-13-25(29)28(15-18)16-19-7-5-6-12-27-19;2*1-18(2)23-8-3-4-9-25(23)31-22-10-11-24(20(13-22)17-29)19-14-26(30)28(15-19)16-21-7-5-6-12-27-21;;;;2-1-3;/h3-12,14,17-18H,13,15-16H2,1-2H3,(H2,27,31);3-12,14,17-18H,13,15-16H2,1-2H3,(H,30,31);3-13,18-19,29H,14-17H2,1-2H3;3-13,17-19H,14-16H2,1-2H3;3*1H4;;/q;;;;;;;-1;+1. The van der Waals surface area contributed by atoms with Gasteiger partial charge in [0.2, 0.25) is 29.5 Å². The summed E-state index contributed by atoms with van der Waals surface area (Å²) in [4.78, 5) is 111. The number of ether oxygens (including phenoxy) is 4. The third-order valence-electron chi connectivity index (χ3n) is 23.0. The number of likely N-dealkylation sites (tertiary alicyclic amines) is 4. The van der Waals surface area contributed by atoms with Gasteiger partial charge in [0.15, 0.2) is 0 Å². The fourth-order valence-electron chi connectivity index (χ4n) is 16.6. The monoisotopic (exact) mass is 1830 g/mol. The number of carboxylic acids is 1. The number of para-hydroxylation sites is 4. The van der Waals surface area contributed by atoms with E-state index in [9.17, 15) is 43.8 Å². The fraction of sp³-hybridized carbons (Fsp3) is 0.299. The third-order valence-corrected chi connectivity index (χ3v) is 23.0. The quantitative estimate of drug-likeness (QED) is 0.0303. The number of aromatic carboxylic acids is 1. The van der Waals surface area contributed by atoms with Crippen LogP contribution in [0, 0.1) is 11.3 Å². The van der Waals surface area contributed by atoms with Crippen molar-refractivity contribution < 1.29 is 113 Å². The van der Waals surface area contributed by atoms with Gasteiger partial charge in [0.05, 0.1) is 72.5 Å². The van der Waals surface area contributed by atoms with Crippen molar-refractivity contribution >= 4 is 41.8 Å². The van der Waals surface area contributed by atoms with E-state index in [0.717, 1.165) is 90.8 Å². The van der Waals surface area contributed by atoms with E-state index in [0.29, 0.717) is 135 Å². The molecule has 8 aromatic carbocycles. The summed E-state index contributed by atoms with van der Waals surface area (Å²) in [7, 11) is 0. The molecule has 8 heterocycles. The van der Waals surface area contributed by atoms with Crippen molar-refractivity contribution in [3.05, 3.63) is 357 Å². The number of primary amides is 1. The first-order valence-corrected chi connectivity index (χ1v) is 43.8. The minimum absolute atomic E-state index is 0. The minimum atomic E-state index is -1.03. The summed E-state index contributed by atoms with van der Waals surface area (Å²) in [6.07, 6.45) is 9.19. The van der Waals surface area contributed by atoms with Gasteiger partial charge < -0.3 is 63.8 Å². The number of aliphatic hydroxyl groups excluding tert-OH is 1. The number of rotatable bonds is 28. The van der Waals surface area contributed by atoms with Crippen molar-refractivity contribution in [3.8, 4) is 46.0 Å². The first kappa shape index (κ1) is 106. The van der Waals surface area contributed by atoms with Crippen LogP contribution in [0.15, 0.2) is 267 Å². The van der Waals surface area contributed by atoms with Gasteiger partial charge in [-0.25, -0.2) is 4.79 Å². The van der Waals surface area contributed by atoms with Crippen molar-refractivity contribution in [2.45, 2.75) is 183 Å². The molecule has 16 rings (SSSR count). The van der Waals surface area contributed by atoms with Crippen LogP contribution in [0.1, 0.15) is 255 Å². The van der Waals surface area contributed by atoms with Crippen LogP contribution in [0.25, 0.3) is 0 Å². The molecule has 4 aromatic heterocycles. The predicted molar refractivity (Wildman–Crippen MR) is 503 cm³/mol. The number of halogens is 1. The number of carbonyl (C=O) groups is 7. The summed E-state index contributed by atoms with van der Waals surface area (Å²) in [5.74, 6) is 5.09. The summed E-state index contributed by atoms with van der Waals surface area (Å²) < 4.78 is 40.9. The van der Waals surface area contributed by atoms with Gasteiger partial charge in [0.25, 0.3) is 0 Å². The number of carboxylic acid groups (broad SMARTS) is 1.